The van der Waals surface area contributed by atoms with Crippen LogP contribution in [0.2, 0.25) is 0 Å². The Morgan fingerprint density at radius 3 is 2.44 bits per heavy atom. The Balaban J connectivity index is 1.51. The topological polar surface area (TPSA) is 82.7 Å². The zero-order valence-electron chi connectivity index (χ0n) is 27.5. The van der Waals surface area contributed by atoms with Gasteiger partial charge < -0.3 is 14.7 Å². The van der Waals surface area contributed by atoms with E-state index in [-0.39, 0.29) is 57.3 Å². The molecule has 48 heavy (non-hydrogen) atoms. The van der Waals surface area contributed by atoms with Crippen LogP contribution in [-0.4, -0.2) is 111 Å². The van der Waals surface area contributed by atoms with Gasteiger partial charge in [-0.25, -0.2) is 9.18 Å². The summed E-state index contributed by atoms with van der Waals surface area (Å²) >= 11 is 1.30. The minimum absolute atomic E-state index is 0.0909. The molecular formula is C33H38F4N8O2S. The normalized spacial score (nSPS) is 22.6. The molecule has 0 spiro atoms. The maximum atomic E-state index is 15.3. The van der Waals surface area contributed by atoms with E-state index in [1.54, 1.807) is 16.5 Å². The van der Waals surface area contributed by atoms with E-state index in [9.17, 15) is 14.0 Å². The molecule has 0 saturated carbocycles. The van der Waals surface area contributed by atoms with Crippen LogP contribution in [-0.2, 0) is 18.0 Å². The molecule has 1 amide bonds. The molecule has 3 aliphatic heterocycles. The van der Waals surface area contributed by atoms with Gasteiger partial charge in [0.1, 0.15) is 11.6 Å². The summed E-state index contributed by atoms with van der Waals surface area (Å²) in [5, 5.41) is 4.51. The molecule has 4 aromatic rings. The van der Waals surface area contributed by atoms with Gasteiger partial charge in [0.25, 0.3) is 0 Å². The van der Waals surface area contributed by atoms with Crippen molar-refractivity contribution >= 4 is 45.3 Å². The lowest BCUT2D eigenvalue weighted by atomic mass is 9.94. The third kappa shape index (κ3) is 5.43. The molecule has 0 N–H and O–H groups in total. The van der Waals surface area contributed by atoms with Gasteiger partial charge >= 0.3 is 11.9 Å². The highest BCUT2D eigenvalue weighted by Gasteiger charge is 2.41. The van der Waals surface area contributed by atoms with Crippen molar-refractivity contribution in [3.05, 3.63) is 46.3 Å². The summed E-state index contributed by atoms with van der Waals surface area (Å²) in [5.74, 6) is -0.130. The molecule has 0 aliphatic carbocycles. The minimum atomic E-state index is -4.79. The number of carbonyl (C=O) groups excluding carboxylic acids is 1. The molecule has 256 valence electrons. The van der Waals surface area contributed by atoms with Crippen LogP contribution in [0.3, 0.4) is 0 Å². The standard InChI is InChI=1S/C33H38F4N8O2S/c1-18-15-44(19(2)14-43(18)20(3)46)31-23-12-25(33(35,36)37)27(22-6-7-26(34)24-13-38-41(5)28(22)24)30-29(23)45(32(47)39-31)21(17-48-30)16-42-10-8-40(4)9-11-42/h6-7,12-13,18-19,21H,8-11,14-17H2,1-5H3/t18-,19+,21?/m1/s1. The molecule has 2 aromatic heterocycles. The van der Waals surface area contributed by atoms with Crippen LogP contribution < -0.4 is 10.6 Å². The van der Waals surface area contributed by atoms with E-state index in [1.807, 2.05) is 18.7 Å². The van der Waals surface area contributed by atoms with Gasteiger partial charge in [0.05, 0.1) is 34.2 Å². The molecule has 2 saturated heterocycles. The number of hydrogen-bond acceptors (Lipinski definition) is 8. The fourth-order valence-electron chi connectivity index (χ4n) is 7.58. The van der Waals surface area contributed by atoms with Gasteiger partial charge in [-0.05, 0) is 39.1 Å². The van der Waals surface area contributed by atoms with Gasteiger partial charge in [-0.3, -0.25) is 18.9 Å². The van der Waals surface area contributed by atoms with E-state index in [2.05, 4.69) is 26.9 Å². The zero-order chi connectivity index (χ0) is 34.2. The number of rotatable bonds is 4. The van der Waals surface area contributed by atoms with Crippen molar-refractivity contribution in [3.63, 3.8) is 0 Å². The zero-order valence-corrected chi connectivity index (χ0v) is 28.3. The van der Waals surface area contributed by atoms with Gasteiger partial charge in [-0.1, -0.05) is 0 Å². The molecule has 7 rings (SSSR count). The largest absolute Gasteiger partial charge is 0.417 e. The quantitative estimate of drug-likeness (QED) is 0.292. The number of hydrogen-bond donors (Lipinski definition) is 0. The van der Waals surface area contributed by atoms with Gasteiger partial charge in [0, 0.05) is 99.0 Å². The summed E-state index contributed by atoms with van der Waals surface area (Å²) < 4.78 is 63.8. The summed E-state index contributed by atoms with van der Waals surface area (Å²) in [6.07, 6.45) is -3.48. The van der Waals surface area contributed by atoms with Crippen LogP contribution in [0, 0.1) is 5.82 Å². The Kier molecular flexibility index (Phi) is 8.22. The highest BCUT2D eigenvalue weighted by molar-refractivity contribution is 7.99. The molecular weight excluding hydrogens is 648 g/mol. The van der Waals surface area contributed by atoms with Crippen molar-refractivity contribution in [3.8, 4) is 11.1 Å². The molecule has 1 unspecified atom stereocenters. The lowest BCUT2D eigenvalue weighted by Gasteiger charge is -2.45. The van der Waals surface area contributed by atoms with E-state index in [4.69, 9.17) is 0 Å². The Morgan fingerprint density at radius 1 is 1.02 bits per heavy atom. The average molecular weight is 687 g/mol. The molecule has 2 fully saturated rings. The molecule has 0 bridgehead atoms. The smallest absolute Gasteiger partial charge is 0.349 e. The third-order valence-corrected chi connectivity index (χ3v) is 11.3. The second-order valence-electron chi connectivity index (χ2n) is 13.3. The summed E-state index contributed by atoms with van der Waals surface area (Å²) in [6.45, 7) is 9.85. The van der Waals surface area contributed by atoms with Gasteiger partial charge in [0.15, 0.2) is 0 Å². The summed E-state index contributed by atoms with van der Waals surface area (Å²) in [7, 11) is 3.64. The van der Waals surface area contributed by atoms with E-state index in [1.165, 1.54) is 41.7 Å². The van der Waals surface area contributed by atoms with Crippen molar-refractivity contribution in [1.29, 1.82) is 0 Å². The van der Waals surface area contributed by atoms with E-state index >= 15 is 13.2 Å². The lowest BCUT2D eigenvalue weighted by Crippen LogP contribution is -2.58. The Bertz CT molecular complexity index is 1990. The summed E-state index contributed by atoms with van der Waals surface area (Å²) in [4.78, 5) is 39.5. The third-order valence-electron chi connectivity index (χ3n) is 10.1. The number of benzene rings is 2. The maximum absolute atomic E-state index is 15.3. The Labute approximate surface area is 279 Å². The van der Waals surface area contributed by atoms with Crippen molar-refractivity contribution < 1.29 is 22.4 Å². The number of likely N-dealkylation sites (N-methyl/N-ethyl adjacent to an activating group) is 1. The number of aromatic nitrogens is 4. The van der Waals surface area contributed by atoms with Crippen LogP contribution in [0.15, 0.2) is 34.1 Å². The van der Waals surface area contributed by atoms with Crippen LogP contribution >= 0.6 is 11.8 Å². The number of nitrogens with zero attached hydrogens (tertiary/aromatic N) is 8. The first-order chi connectivity index (χ1) is 22.7. The highest BCUT2D eigenvalue weighted by atomic mass is 32.2. The number of anilines is 1. The van der Waals surface area contributed by atoms with Gasteiger partial charge in [-0.2, -0.15) is 23.3 Å². The molecule has 2 aromatic carbocycles. The second-order valence-corrected chi connectivity index (χ2v) is 14.4. The number of carbonyl (C=O) groups is 1. The fraction of sp³-hybridized carbons (Fsp3) is 0.515. The van der Waals surface area contributed by atoms with Crippen molar-refractivity contribution in [2.75, 3.05) is 63.5 Å². The predicted octanol–water partition coefficient (Wildman–Crippen LogP) is 4.45. The number of thioether (sulfide) groups is 1. The molecule has 5 heterocycles. The van der Waals surface area contributed by atoms with Crippen molar-refractivity contribution in [2.45, 2.75) is 50.0 Å². The Hall–Kier alpha value is -3.69. The minimum Gasteiger partial charge on any atom is -0.349 e. The number of fused-ring (bicyclic) bond motifs is 1. The van der Waals surface area contributed by atoms with E-state index < -0.39 is 23.2 Å². The number of piperazine rings is 2. The number of alkyl halides is 3. The first kappa shape index (κ1) is 32.8. The average Bonchev–Trinajstić information content (AvgIpc) is 3.43. The van der Waals surface area contributed by atoms with E-state index in [0.717, 1.165) is 32.2 Å². The number of aryl methyl sites for hydroxylation is 1. The molecule has 15 heteroatoms. The summed E-state index contributed by atoms with van der Waals surface area (Å²) in [6, 6.07) is 2.77. The molecule has 10 nitrogen and oxygen atoms in total. The molecule has 3 atom stereocenters. The highest BCUT2D eigenvalue weighted by Crippen LogP contribution is 2.51. The SMILES string of the molecule is CC(=O)N1C[C@H](C)N(c2nc(=O)n3c4c(c(-c5ccc(F)c6cnn(C)c56)c(C(F)(F)F)cc24)SCC3CN2CCN(C)CC2)C[C@H]1C. The lowest BCUT2D eigenvalue weighted by molar-refractivity contribution is -0.137. The van der Waals surface area contributed by atoms with Crippen LogP contribution in [0.5, 0.6) is 0 Å². The van der Waals surface area contributed by atoms with E-state index in [0.29, 0.717) is 35.8 Å². The van der Waals surface area contributed by atoms with Crippen LogP contribution in [0.4, 0.5) is 23.4 Å². The number of amides is 1. The maximum Gasteiger partial charge on any atom is 0.417 e. The van der Waals surface area contributed by atoms with Crippen molar-refractivity contribution in [2.24, 2.45) is 7.05 Å². The Morgan fingerprint density at radius 2 is 1.75 bits per heavy atom. The van der Waals surface area contributed by atoms with Gasteiger partial charge in [0.2, 0.25) is 5.91 Å². The van der Waals surface area contributed by atoms with Crippen molar-refractivity contribution in [1.82, 2.24) is 34.0 Å². The van der Waals surface area contributed by atoms with Crippen LogP contribution in [0.25, 0.3) is 32.9 Å². The molecule has 3 aliphatic rings. The summed E-state index contributed by atoms with van der Waals surface area (Å²) in [5.41, 5.74) is -0.683. The second kappa shape index (κ2) is 12.0. The number of halogens is 4. The fourth-order valence-corrected chi connectivity index (χ4v) is 8.91. The van der Waals surface area contributed by atoms with Crippen LogP contribution in [0.1, 0.15) is 32.4 Å². The first-order valence-electron chi connectivity index (χ1n) is 16.1. The first-order valence-corrected chi connectivity index (χ1v) is 17.1. The molecule has 0 radical (unpaired) electrons. The predicted molar refractivity (Wildman–Crippen MR) is 178 cm³/mol. The van der Waals surface area contributed by atoms with Gasteiger partial charge in [-0.15, -0.1) is 11.8 Å². The monoisotopic (exact) mass is 686 g/mol.